The van der Waals surface area contributed by atoms with Gasteiger partial charge >= 0.3 is 5.97 Å². The van der Waals surface area contributed by atoms with Gasteiger partial charge in [-0.1, -0.05) is 0 Å². The van der Waals surface area contributed by atoms with E-state index in [2.05, 4.69) is 4.98 Å². The molecule has 0 saturated heterocycles. The molecule has 6 nitrogen and oxygen atoms in total. The Labute approximate surface area is 118 Å². The molecule has 1 aromatic heterocycles. The third-order valence-corrected chi connectivity index (χ3v) is 2.50. The minimum Gasteiger partial charge on any atom is -0.506 e. The molecular weight excluding hydrogens is 262 g/mol. The van der Waals surface area contributed by atoms with Crippen LogP contribution < -0.4 is 0 Å². The van der Waals surface area contributed by atoms with Crippen LogP contribution in [0.2, 0.25) is 0 Å². The van der Waals surface area contributed by atoms with E-state index in [1.807, 2.05) is 13.8 Å². The van der Waals surface area contributed by atoms with Gasteiger partial charge in [0.05, 0.1) is 12.3 Å². The third kappa shape index (κ3) is 4.79. The number of hydrogen-bond acceptors (Lipinski definition) is 6. The highest BCUT2D eigenvalue weighted by atomic mass is 16.7. The Hall–Kier alpha value is -1.66. The first-order valence-electron chi connectivity index (χ1n) is 6.71. The van der Waals surface area contributed by atoms with E-state index < -0.39 is 12.3 Å². The van der Waals surface area contributed by atoms with Crippen LogP contribution in [0.15, 0.2) is 12.1 Å². The summed E-state index contributed by atoms with van der Waals surface area (Å²) >= 11 is 0. The highest BCUT2D eigenvalue weighted by molar-refractivity contribution is 5.87. The molecule has 0 radical (unpaired) electrons. The van der Waals surface area contributed by atoms with Crippen LogP contribution in [-0.2, 0) is 20.6 Å². The predicted octanol–water partition coefficient (Wildman–Crippen LogP) is 1.91. The lowest BCUT2D eigenvalue weighted by Crippen LogP contribution is -2.21. The second-order valence-electron chi connectivity index (χ2n) is 3.93. The van der Waals surface area contributed by atoms with Crippen LogP contribution in [0, 0.1) is 0 Å². The first kappa shape index (κ1) is 16.4. The maximum Gasteiger partial charge on any atom is 0.356 e. The number of rotatable bonds is 8. The van der Waals surface area contributed by atoms with Crippen LogP contribution in [0.1, 0.15) is 37.0 Å². The van der Waals surface area contributed by atoms with Crippen molar-refractivity contribution in [3.05, 3.63) is 23.5 Å². The molecule has 112 valence electrons. The summed E-state index contributed by atoms with van der Waals surface area (Å²) in [6.07, 6.45) is -0.235. The van der Waals surface area contributed by atoms with Gasteiger partial charge in [0, 0.05) is 19.6 Å². The van der Waals surface area contributed by atoms with Gasteiger partial charge < -0.3 is 19.3 Å². The van der Waals surface area contributed by atoms with Gasteiger partial charge in [0.2, 0.25) is 0 Å². The topological polar surface area (TPSA) is 77.9 Å². The lowest BCUT2D eigenvalue weighted by atomic mass is 10.2. The summed E-state index contributed by atoms with van der Waals surface area (Å²) in [5.41, 5.74) is 0.508. The van der Waals surface area contributed by atoms with E-state index in [9.17, 15) is 9.90 Å². The molecule has 0 aliphatic carbocycles. The molecule has 0 bridgehead atoms. The number of carbonyl (C=O) groups excluding carboxylic acids is 1. The van der Waals surface area contributed by atoms with Gasteiger partial charge in [-0.3, -0.25) is 0 Å². The lowest BCUT2D eigenvalue weighted by Gasteiger charge is -2.17. The van der Waals surface area contributed by atoms with E-state index in [-0.39, 0.29) is 24.5 Å². The van der Waals surface area contributed by atoms with Gasteiger partial charge in [-0.15, -0.1) is 0 Å². The average Bonchev–Trinajstić information content (AvgIpc) is 2.42. The highest BCUT2D eigenvalue weighted by Crippen LogP contribution is 2.18. The Balaban J connectivity index is 2.86. The number of aromatic nitrogens is 1. The molecule has 0 amide bonds. The smallest absolute Gasteiger partial charge is 0.356 e. The van der Waals surface area contributed by atoms with Crippen LogP contribution in [0.5, 0.6) is 5.75 Å². The molecule has 6 heteroatoms. The molecule has 0 atom stereocenters. The summed E-state index contributed by atoms with van der Waals surface area (Å²) in [5.74, 6) is -0.513. The standard InChI is InChI=1S/C14H21NO5/c1-4-18-13(19-5-2)9-11-12(16)8-7-10(15-11)14(17)20-6-3/h7-8,13,16H,4-6,9H2,1-3H3. The summed E-state index contributed by atoms with van der Waals surface area (Å²) in [4.78, 5) is 15.7. The van der Waals surface area contributed by atoms with Gasteiger partial charge in [-0.25, -0.2) is 9.78 Å². The molecule has 1 aromatic rings. The van der Waals surface area contributed by atoms with Crippen LogP contribution in [0.3, 0.4) is 0 Å². The molecule has 1 rings (SSSR count). The van der Waals surface area contributed by atoms with E-state index in [1.54, 1.807) is 6.92 Å². The molecule has 1 N–H and O–H groups in total. The summed E-state index contributed by atoms with van der Waals surface area (Å²) < 4.78 is 15.7. The Morgan fingerprint density at radius 3 is 2.40 bits per heavy atom. The van der Waals surface area contributed by atoms with Crippen molar-refractivity contribution >= 4 is 5.97 Å². The van der Waals surface area contributed by atoms with Gasteiger partial charge in [-0.05, 0) is 32.9 Å². The monoisotopic (exact) mass is 283 g/mol. The summed E-state index contributed by atoms with van der Waals surface area (Å²) in [7, 11) is 0. The van der Waals surface area contributed by atoms with E-state index in [0.29, 0.717) is 18.9 Å². The second kappa shape index (κ2) is 8.50. The summed E-state index contributed by atoms with van der Waals surface area (Å²) in [5, 5.41) is 9.81. The summed E-state index contributed by atoms with van der Waals surface area (Å²) in [6.45, 7) is 6.69. The SMILES string of the molecule is CCOC(=O)c1ccc(O)c(CC(OCC)OCC)n1. The number of hydrogen-bond donors (Lipinski definition) is 1. The predicted molar refractivity (Wildman–Crippen MR) is 72.6 cm³/mol. The first-order valence-corrected chi connectivity index (χ1v) is 6.71. The van der Waals surface area contributed by atoms with Crippen LogP contribution >= 0.6 is 0 Å². The van der Waals surface area contributed by atoms with Crippen molar-refractivity contribution in [1.29, 1.82) is 0 Å². The minimum atomic E-state index is -0.516. The average molecular weight is 283 g/mol. The molecule has 0 spiro atoms. The molecule has 0 aliphatic rings. The zero-order valence-corrected chi connectivity index (χ0v) is 12.1. The van der Waals surface area contributed by atoms with Crippen LogP contribution in [0.4, 0.5) is 0 Å². The fourth-order valence-corrected chi connectivity index (χ4v) is 1.66. The molecule has 1 heterocycles. The molecule has 20 heavy (non-hydrogen) atoms. The fourth-order valence-electron chi connectivity index (χ4n) is 1.66. The molecule has 0 saturated carbocycles. The lowest BCUT2D eigenvalue weighted by molar-refractivity contribution is -0.135. The van der Waals surface area contributed by atoms with E-state index in [0.717, 1.165) is 0 Å². The molecule has 0 unspecified atom stereocenters. The van der Waals surface area contributed by atoms with Crippen molar-refractivity contribution in [2.24, 2.45) is 0 Å². The fraction of sp³-hybridized carbons (Fsp3) is 0.571. The van der Waals surface area contributed by atoms with Gasteiger partial charge in [0.15, 0.2) is 6.29 Å². The van der Waals surface area contributed by atoms with Gasteiger partial charge in [0.25, 0.3) is 0 Å². The Morgan fingerprint density at radius 2 is 1.85 bits per heavy atom. The number of aromatic hydroxyl groups is 1. The van der Waals surface area contributed by atoms with Crippen molar-refractivity contribution in [2.45, 2.75) is 33.5 Å². The Morgan fingerprint density at radius 1 is 1.20 bits per heavy atom. The maximum atomic E-state index is 11.6. The second-order valence-corrected chi connectivity index (χ2v) is 3.93. The zero-order chi connectivity index (χ0) is 15.0. The van der Waals surface area contributed by atoms with Crippen LogP contribution in [-0.4, -0.2) is 42.2 Å². The van der Waals surface area contributed by atoms with Gasteiger partial charge in [0.1, 0.15) is 11.4 Å². The number of carbonyl (C=O) groups is 1. The highest BCUT2D eigenvalue weighted by Gasteiger charge is 2.16. The minimum absolute atomic E-state index is 0.00227. The molecular formula is C14H21NO5. The quantitative estimate of drug-likeness (QED) is 0.580. The largest absolute Gasteiger partial charge is 0.506 e. The number of esters is 1. The van der Waals surface area contributed by atoms with Crippen molar-refractivity contribution in [3.63, 3.8) is 0 Å². The normalized spacial score (nSPS) is 10.8. The molecule has 0 fully saturated rings. The van der Waals surface area contributed by atoms with Crippen molar-refractivity contribution in [2.75, 3.05) is 19.8 Å². The van der Waals surface area contributed by atoms with Crippen molar-refractivity contribution in [3.8, 4) is 5.75 Å². The molecule has 0 aliphatic heterocycles. The van der Waals surface area contributed by atoms with Crippen molar-refractivity contribution < 1.29 is 24.1 Å². The third-order valence-electron chi connectivity index (χ3n) is 2.50. The van der Waals surface area contributed by atoms with E-state index in [1.165, 1.54) is 12.1 Å². The van der Waals surface area contributed by atoms with E-state index in [4.69, 9.17) is 14.2 Å². The summed E-state index contributed by atoms with van der Waals surface area (Å²) in [6, 6.07) is 2.84. The number of ether oxygens (including phenoxy) is 3. The van der Waals surface area contributed by atoms with E-state index >= 15 is 0 Å². The van der Waals surface area contributed by atoms with Crippen molar-refractivity contribution in [1.82, 2.24) is 4.98 Å². The number of nitrogens with zero attached hydrogens (tertiary/aromatic N) is 1. The maximum absolute atomic E-state index is 11.6. The molecule has 0 aromatic carbocycles. The Kier molecular flexibility index (Phi) is 6.97. The Bertz CT molecular complexity index is 430. The number of pyridine rings is 1. The first-order chi connectivity index (χ1) is 9.62. The zero-order valence-electron chi connectivity index (χ0n) is 12.1. The van der Waals surface area contributed by atoms with Gasteiger partial charge in [-0.2, -0.15) is 0 Å². The van der Waals surface area contributed by atoms with Crippen LogP contribution in [0.25, 0.3) is 0 Å².